The SMILES string of the molecule is NC(=O)c1nccn(C2CC3C(O)C3(O)C2O)c1=O. The van der Waals surface area contributed by atoms with Crippen molar-refractivity contribution in [3.8, 4) is 0 Å². The molecule has 0 aliphatic heterocycles. The van der Waals surface area contributed by atoms with E-state index in [1.165, 1.54) is 12.4 Å². The van der Waals surface area contributed by atoms with Crippen molar-refractivity contribution in [1.29, 1.82) is 0 Å². The van der Waals surface area contributed by atoms with Gasteiger partial charge >= 0.3 is 0 Å². The molecule has 1 heterocycles. The van der Waals surface area contributed by atoms with Gasteiger partial charge < -0.3 is 25.6 Å². The number of hydrogen-bond donors (Lipinski definition) is 4. The van der Waals surface area contributed by atoms with Gasteiger partial charge in [0.05, 0.1) is 12.1 Å². The van der Waals surface area contributed by atoms with Crippen LogP contribution in [0.2, 0.25) is 0 Å². The lowest BCUT2D eigenvalue weighted by Gasteiger charge is -2.23. The number of rotatable bonds is 2. The van der Waals surface area contributed by atoms with Gasteiger partial charge in [-0.2, -0.15) is 0 Å². The number of carbonyl (C=O) groups is 1. The third kappa shape index (κ3) is 1.41. The summed E-state index contributed by atoms with van der Waals surface area (Å²) in [5, 5.41) is 29.5. The molecule has 3 rings (SSSR count). The van der Waals surface area contributed by atoms with E-state index in [-0.39, 0.29) is 6.42 Å². The van der Waals surface area contributed by atoms with Crippen LogP contribution in [0.4, 0.5) is 0 Å². The smallest absolute Gasteiger partial charge is 0.282 e. The number of aliphatic hydroxyl groups excluding tert-OH is 2. The van der Waals surface area contributed by atoms with E-state index in [0.717, 1.165) is 4.57 Å². The minimum absolute atomic E-state index is 0.251. The van der Waals surface area contributed by atoms with E-state index in [1.807, 2.05) is 0 Å². The normalized spacial score (nSPS) is 39.9. The van der Waals surface area contributed by atoms with Crippen molar-refractivity contribution in [1.82, 2.24) is 9.55 Å². The summed E-state index contributed by atoms with van der Waals surface area (Å²) in [7, 11) is 0. The molecule has 0 aromatic carbocycles. The maximum Gasteiger partial charge on any atom is 0.282 e. The zero-order valence-electron chi connectivity index (χ0n) is 9.80. The van der Waals surface area contributed by atoms with Crippen LogP contribution < -0.4 is 11.3 Å². The molecule has 2 aliphatic rings. The van der Waals surface area contributed by atoms with Gasteiger partial charge in [0.25, 0.3) is 11.5 Å². The molecular formula is C11H13N3O5. The molecule has 0 spiro atoms. The summed E-state index contributed by atoms with van der Waals surface area (Å²) in [5.74, 6) is -1.40. The average molecular weight is 267 g/mol. The third-order valence-corrected chi connectivity index (χ3v) is 4.13. The van der Waals surface area contributed by atoms with Crippen molar-refractivity contribution < 1.29 is 20.1 Å². The highest BCUT2D eigenvalue weighted by molar-refractivity contribution is 5.90. The number of nitrogens with two attached hydrogens (primary N) is 1. The van der Waals surface area contributed by atoms with Crippen LogP contribution >= 0.6 is 0 Å². The van der Waals surface area contributed by atoms with Gasteiger partial charge in [0, 0.05) is 18.3 Å². The Morgan fingerprint density at radius 2 is 2.16 bits per heavy atom. The van der Waals surface area contributed by atoms with Gasteiger partial charge in [0.2, 0.25) is 0 Å². The molecule has 8 nitrogen and oxygen atoms in total. The Kier molecular flexibility index (Phi) is 2.34. The number of aromatic nitrogens is 2. The van der Waals surface area contributed by atoms with Crippen LogP contribution in [-0.4, -0.2) is 48.6 Å². The number of aliphatic hydroxyl groups is 3. The summed E-state index contributed by atoms with van der Waals surface area (Å²) in [6.45, 7) is 0. The minimum Gasteiger partial charge on any atom is -0.390 e. The highest BCUT2D eigenvalue weighted by Crippen LogP contribution is 2.59. The molecule has 1 aromatic rings. The first kappa shape index (κ1) is 12.3. The Hall–Kier alpha value is -1.77. The molecule has 2 aliphatic carbocycles. The summed E-state index contributed by atoms with van der Waals surface area (Å²) >= 11 is 0. The second-order valence-electron chi connectivity index (χ2n) is 5.04. The third-order valence-electron chi connectivity index (χ3n) is 4.13. The zero-order chi connectivity index (χ0) is 13.9. The van der Waals surface area contributed by atoms with Crippen LogP contribution in [0.5, 0.6) is 0 Å². The number of carbonyl (C=O) groups excluding carboxylic acids is 1. The second kappa shape index (κ2) is 3.62. The summed E-state index contributed by atoms with van der Waals surface area (Å²) < 4.78 is 1.13. The van der Waals surface area contributed by atoms with Gasteiger partial charge in [-0.05, 0) is 6.42 Å². The lowest BCUT2D eigenvalue weighted by atomic mass is 10.1. The van der Waals surface area contributed by atoms with E-state index in [2.05, 4.69) is 4.98 Å². The van der Waals surface area contributed by atoms with Gasteiger partial charge in [-0.15, -0.1) is 0 Å². The van der Waals surface area contributed by atoms with E-state index in [1.54, 1.807) is 0 Å². The van der Waals surface area contributed by atoms with Crippen LogP contribution in [0.3, 0.4) is 0 Å². The Bertz CT molecular complexity index is 615. The number of nitrogens with zero attached hydrogens (tertiary/aromatic N) is 2. The molecule has 0 radical (unpaired) electrons. The summed E-state index contributed by atoms with van der Waals surface area (Å²) in [4.78, 5) is 26.6. The minimum atomic E-state index is -1.56. The number of primary amides is 1. The van der Waals surface area contributed by atoms with Gasteiger partial charge in [0.1, 0.15) is 11.7 Å². The number of hydrogen-bond acceptors (Lipinski definition) is 6. The quantitative estimate of drug-likeness (QED) is 0.462. The van der Waals surface area contributed by atoms with E-state index in [9.17, 15) is 24.9 Å². The van der Waals surface area contributed by atoms with Crippen LogP contribution in [0, 0.1) is 5.92 Å². The van der Waals surface area contributed by atoms with Crippen molar-refractivity contribution in [3.63, 3.8) is 0 Å². The topological polar surface area (TPSA) is 139 Å². The summed E-state index contributed by atoms with van der Waals surface area (Å²) in [5.41, 5.74) is 2.36. The molecule has 5 atom stereocenters. The second-order valence-corrected chi connectivity index (χ2v) is 5.04. The first-order chi connectivity index (χ1) is 8.89. The van der Waals surface area contributed by atoms with E-state index >= 15 is 0 Å². The van der Waals surface area contributed by atoms with Crippen molar-refractivity contribution in [2.75, 3.05) is 0 Å². The van der Waals surface area contributed by atoms with E-state index in [4.69, 9.17) is 5.73 Å². The lowest BCUT2D eigenvalue weighted by Crippen LogP contribution is -2.41. The van der Waals surface area contributed by atoms with E-state index in [0.29, 0.717) is 0 Å². The van der Waals surface area contributed by atoms with Crippen molar-refractivity contribution >= 4 is 5.91 Å². The maximum atomic E-state index is 12.0. The van der Waals surface area contributed by atoms with Gasteiger partial charge in [-0.25, -0.2) is 4.98 Å². The molecule has 0 bridgehead atoms. The zero-order valence-corrected chi connectivity index (χ0v) is 9.80. The monoisotopic (exact) mass is 267 g/mol. The molecule has 5 unspecified atom stereocenters. The van der Waals surface area contributed by atoms with Crippen molar-refractivity contribution in [2.24, 2.45) is 11.7 Å². The van der Waals surface area contributed by atoms with Crippen LogP contribution in [0.15, 0.2) is 17.2 Å². The molecule has 2 fully saturated rings. The molecule has 102 valence electrons. The fraction of sp³-hybridized carbons (Fsp3) is 0.545. The molecule has 0 saturated heterocycles. The van der Waals surface area contributed by atoms with Crippen LogP contribution in [-0.2, 0) is 0 Å². The Morgan fingerprint density at radius 3 is 2.68 bits per heavy atom. The van der Waals surface area contributed by atoms with E-state index < -0.39 is 46.9 Å². The fourth-order valence-electron chi connectivity index (χ4n) is 2.98. The lowest BCUT2D eigenvalue weighted by molar-refractivity contribution is -0.0408. The summed E-state index contributed by atoms with van der Waals surface area (Å²) in [6.07, 6.45) is 0.572. The molecule has 2 saturated carbocycles. The van der Waals surface area contributed by atoms with Gasteiger partial charge in [-0.3, -0.25) is 9.59 Å². The predicted molar refractivity (Wildman–Crippen MR) is 61.1 cm³/mol. The Morgan fingerprint density at radius 1 is 1.47 bits per heavy atom. The largest absolute Gasteiger partial charge is 0.390 e. The first-order valence-corrected chi connectivity index (χ1v) is 5.84. The van der Waals surface area contributed by atoms with Gasteiger partial charge in [0.15, 0.2) is 5.69 Å². The van der Waals surface area contributed by atoms with Crippen LogP contribution in [0.1, 0.15) is 23.0 Å². The molecule has 5 N–H and O–H groups in total. The Labute approximate surface area is 107 Å². The molecule has 1 aromatic heterocycles. The molecule has 1 amide bonds. The highest BCUT2D eigenvalue weighted by Gasteiger charge is 2.74. The average Bonchev–Trinajstić information content (AvgIpc) is 2.75. The standard InChI is InChI=1S/C11H13N3O5/c12-9(17)6-10(18)14(2-1-13-6)5-3-4-7(15)11(4,19)8(5)16/h1-2,4-5,7-8,15-16,19H,3H2,(H2,12,17). The molecule has 8 heteroatoms. The van der Waals surface area contributed by atoms with Crippen molar-refractivity contribution in [2.45, 2.75) is 30.3 Å². The molecule has 19 heavy (non-hydrogen) atoms. The number of fused-ring (bicyclic) bond motifs is 1. The Balaban J connectivity index is 2.00. The number of amides is 1. The fourth-order valence-corrected chi connectivity index (χ4v) is 2.98. The maximum absolute atomic E-state index is 12.0. The predicted octanol–water partition coefficient (Wildman–Crippen LogP) is -2.63. The summed E-state index contributed by atoms with van der Waals surface area (Å²) in [6, 6.07) is -0.702. The van der Waals surface area contributed by atoms with Crippen LogP contribution in [0.25, 0.3) is 0 Å². The highest BCUT2D eigenvalue weighted by atomic mass is 16.4. The van der Waals surface area contributed by atoms with Crippen molar-refractivity contribution in [3.05, 3.63) is 28.4 Å². The first-order valence-electron chi connectivity index (χ1n) is 5.84. The molecular weight excluding hydrogens is 254 g/mol. The van der Waals surface area contributed by atoms with Gasteiger partial charge in [-0.1, -0.05) is 0 Å².